The van der Waals surface area contributed by atoms with Crippen LogP contribution in [0.25, 0.3) is 11.0 Å². The van der Waals surface area contributed by atoms with Gasteiger partial charge in [0.05, 0.1) is 23.3 Å². The van der Waals surface area contributed by atoms with Gasteiger partial charge in [-0.05, 0) is 19.1 Å². The molecule has 6 heteroatoms. The Kier molecular flexibility index (Phi) is 3.74. The van der Waals surface area contributed by atoms with Gasteiger partial charge in [0.15, 0.2) is 0 Å². The summed E-state index contributed by atoms with van der Waals surface area (Å²) in [5, 5.41) is 12.0. The van der Waals surface area contributed by atoms with Crippen LogP contribution in [0.2, 0.25) is 5.02 Å². The molecule has 18 heavy (non-hydrogen) atoms. The van der Waals surface area contributed by atoms with Gasteiger partial charge in [0.1, 0.15) is 11.2 Å². The van der Waals surface area contributed by atoms with Crippen LogP contribution in [-0.4, -0.2) is 33.6 Å². The number of carbonyl (C=O) groups excluding carboxylic acids is 1. The van der Waals surface area contributed by atoms with Gasteiger partial charge < -0.3 is 10.4 Å². The minimum atomic E-state index is -0.370. The van der Waals surface area contributed by atoms with Crippen molar-refractivity contribution in [3.05, 3.63) is 35.1 Å². The first kappa shape index (κ1) is 12.7. The molecule has 1 atom stereocenters. The van der Waals surface area contributed by atoms with Crippen molar-refractivity contribution >= 4 is 28.5 Å². The summed E-state index contributed by atoms with van der Waals surface area (Å²) in [5.74, 6) is -0.370. The first-order valence-electron chi connectivity index (χ1n) is 5.45. The Hall–Kier alpha value is -1.72. The van der Waals surface area contributed by atoms with E-state index in [2.05, 4.69) is 15.3 Å². The molecule has 0 aliphatic carbocycles. The zero-order valence-corrected chi connectivity index (χ0v) is 10.5. The van der Waals surface area contributed by atoms with Crippen molar-refractivity contribution in [2.75, 3.05) is 6.61 Å². The fourth-order valence-electron chi connectivity index (χ4n) is 1.46. The molecule has 0 radical (unpaired) electrons. The molecule has 1 aromatic heterocycles. The van der Waals surface area contributed by atoms with Crippen LogP contribution in [0.3, 0.4) is 0 Å². The number of aromatic nitrogens is 2. The second kappa shape index (κ2) is 5.29. The topological polar surface area (TPSA) is 75.1 Å². The summed E-state index contributed by atoms with van der Waals surface area (Å²) in [6, 6.07) is 4.87. The largest absolute Gasteiger partial charge is 0.394 e. The molecular formula is C12H12ClN3O2. The third-order valence-electron chi connectivity index (χ3n) is 2.41. The van der Waals surface area contributed by atoms with Gasteiger partial charge in [-0.1, -0.05) is 17.7 Å². The average molecular weight is 266 g/mol. The van der Waals surface area contributed by atoms with E-state index in [-0.39, 0.29) is 24.2 Å². The quantitative estimate of drug-likeness (QED) is 0.880. The smallest absolute Gasteiger partial charge is 0.271 e. The summed E-state index contributed by atoms with van der Waals surface area (Å²) in [6.45, 7) is 1.57. The number of para-hydroxylation sites is 1. The van der Waals surface area contributed by atoms with Crippen LogP contribution in [0, 0.1) is 0 Å². The summed E-state index contributed by atoms with van der Waals surface area (Å²) in [6.07, 6.45) is 1.37. The third kappa shape index (κ3) is 2.57. The Bertz CT molecular complexity index is 589. The van der Waals surface area contributed by atoms with Gasteiger partial charge in [-0.15, -0.1) is 0 Å². The van der Waals surface area contributed by atoms with E-state index < -0.39 is 0 Å². The molecular weight excluding hydrogens is 254 g/mol. The number of aliphatic hydroxyl groups excluding tert-OH is 1. The Morgan fingerprint density at radius 3 is 3.06 bits per heavy atom. The highest BCUT2D eigenvalue weighted by molar-refractivity contribution is 6.34. The van der Waals surface area contributed by atoms with Crippen LogP contribution < -0.4 is 5.32 Å². The highest BCUT2D eigenvalue weighted by atomic mass is 35.5. The lowest BCUT2D eigenvalue weighted by atomic mass is 10.2. The van der Waals surface area contributed by atoms with Crippen LogP contribution in [0.4, 0.5) is 0 Å². The van der Waals surface area contributed by atoms with Crippen LogP contribution in [0.1, 0.15) is 17.4 Å². The molecule has 0 spiro atoms. The molecule has 2 N–H and O–H groups in total. The molecule has 0 aliphatic heterocycles. The fourth-order valence-corrected chi connectivity index (χ4v) is 1.68. The van der Waals surface area contributed by atoms with Gasteiger partial charge in [0, 0.05) is 6.04 Å². The first-order valence-corrected chi connectivity index (χ1v) is 5.82. The normalized spacial score (nSPS) is 12.4. The molecule has 5 nitrogen and oxygen atoms in total. The van der Waals surface area contributed by atoms with Crippen LogP contribution >= 0.6 is 11.6 Å². The van der Waals surface area contributed by atoms with Crippen molar-refractivity contribution in [3.63, 3.8) is 0 Å². The van der Waals surface area contributed by atoms with E-state index in [1.807, 2.05) is 0 Å². The molecule has 1 aromatic carbocycles. The maximum Gasteiger partial charge on any atom is 0.271 e. The van der Waals surface area contributed by atoms with E-state index in [4.69, 9.17) is 16.7 Å². The zero-order valence-electron chi connectivity index (χ0n) is 9.72. The van der Waals surface area contributed by atoms with E-state index in [0.29, 0.717) is 16.1 Å². The maximum absolute atomic E-state index is 11.8. The van der Waals surface area contributed by atoms with Crippen molar-refractivity contribution in [2.24, 2.45) is 0 Å². The Morgan fingerprint density at radius 2 is 2.33 bits per heavy atom. The number of nitrogens with zero attached hydrogens (tertiary/aromatic N) is 2. The number of rotatable bonds is 3. The summed E-state index contributed by atoms with van der Waals surface area (Å²) in [5.41, 5.74) is 1.32. The number of aliphatic hydroxyl groups is 1. The van der Waals surface area contributed by atoms with Crippen LogP contribution in [-0.2, 0) is 0 Å². The standard InChI is InChI=1S/C12H12ClN3O2/c1-7(6-17)15-12(18)10-5-14-11-8(13)3-2-4-9(11)16-10/h2-5,7,17H,6H2,1H3,(H,15,18)/t7-/m1/s1. The Balaban J connectivity index is 2.33. The van der Waals surface area contributed by atoms with Crippen molar-refractivity contribution in [1.29, 1.82) is 0 Å². The van der Waals surface area contributed by atoms with E-state index in [1.165, 1.54) is 6.20 Å². The van der Waals surface area contributed by atoms with Crippen molar-refractivity contribution in [1.82, 2.24) is 15.3 Å². The summed E-state index contributed by atoms with van der Waals surface area (Å²) < 4.78 is 0. The molecule has 2 rings (SSSR count). The van der Waals surface area contributed by atoms with Gasteiger partial charge >= 0.3 is 0 Å². The van der Waals surface area contributed by atoms with E-state index in [9.17, 15) is 4.79 Å². The molecule has 0 unspecified atom stereocenters. The van der Waals surface area contributed by atoms with Gasteiger partial charge in [-0.25, -0.2) is 4.98 Å². The zero-order chi connectivity index (χ0) is 13.1. The lowest BCUT2D eigenvalue weighted by molar-refractivity contribution is 0.0917. The predicted octanol–water partition coefficient (Wildman–Crippen LogP) is 1.39. The maximum atomic E-state index is 11.8. The summed E-state index contributed by atoms with van der Waals surface area (Å²) in [7, 11) is 0. The molecule has 94 valence electrons. The van der Waals surface area contributed by atoms with Gasteiger partial charge in [0.25, 0.3) is 5.91 Å². The second-order valence-corrected chi connectivity index (χ2v) is 4.33. The monoisotopic (exact) mass is 265 g/mol. The predicted molar refractivity (Wildman–Crippen MR) is 68.6 cm³/mol. The number of fused-ring (bicyclic) bond motifs is 1. The highest BCUT2D eigenvalue weighted by Gasteiger charge is 2.12. The van der Waals surface area contributed by atoms with Crippen molar-refractivity contribution < 1.29 is 9.90 Å². The molecule has 0 bridgehead atoms. The Labute approximate surface area is 109 Å². The third-order valence-corrected chi connectivity index (χ3v) is 2.71. The molecule has 0 fully saturated rings. The van der Waals surface area contributed by atoms with Crippen LogP contribution in [0.5, 0.6) is 0 Å². The number of nitrogens with one attached hydrogen (secondary N) is 1. The number of hydrogen-bond acceptors (Lipinski definition) is 4. The molecule has 0 saturated heterocycles. The molecule has 2 aromatic rings. The number of halogens is 1. The lowest BCUT2D eigenvalue weighted by Crippen LogP contribution is -2.35. The number of hydrogen-bond donors (Lipinski definition) is 2. The summed E-state index contributed by atoms with van der Waals surface area (Å²) >= 11 is 5.96. The molecule has 1 amide bonds. The SMILES string of the molecule is C[C@H](CO)NC(=O)c1cnc2c(Cl)cccc2n1. The Morgan fingerprint density at radius 1 is 1.56 bits per heavy atom. The van der Waals surface area contributed by atoms with E-state index >= 15 is 0 Å². The molecule has 1 heterocycles. The minimum absolute atomic E-state index is 0.126. The number of carbonyl (C=O) groups is 1. The van der Waals surface area contributed by atoms with Gasteiger partial charge in [-0.3, -0.25) is 9.78 Å². The van der Waals surface area contributed by atoms with E-state index in [1.54, 1.807) is 25.1 Å². The fraction of sp³-hybridized carbons (Fsp3) is 0.250. The molecule has 0 saturated carbocycles. The van der Waals surface area contributed by atoms with Crippen molar-refractivity contribution in [2.45, 2.75) is 13.0 Å². The summed E-state index contributed by atoms with van der Waals surface area (Å²) in [4.78, 5) is 20.1. The average Bonchev–Trinajstić information content (AvgIpc) is 2.38. The second-order valence-electron chi connectivity index (χ2n) is 3.92. The van der Waals surface area contributed by atoms with E-state index in [0.717, 1.165) is 0 Å². The van der Waals surface area contributed by atoms with Gasteiger partial charge in [-0.2, -0.15) is 0 Å². The number of amides is 1. The number of benzene rings is 1. The van der Waals surface area contributed by atoms with Crippen LogP contribution in [0.15, 0.2) is 24.4 Å². The first-order chi connectivity index (χ1) is 8.61. The van der Waals surface area contributed by atoms with Crippen molar-refractivity contribution in [3.8, 4) is 0 Å². The highest BCUT2D eigenvalue weighted by Crippen LogP contribution is 2.19. The minimum Gasteiger partial charge on any atom is -0.394 e. The lowest BCUT2D eigenvalue weighted by Gasteiger charge is -2.10. The van der Waals surface area contributed by atoms with Gasteiger partial charge in [0.2, 0.25) is 0 Å². The molecule has 0 aliphatic rings.